The molecule has 0 spiro atoms. The minimum absolute atomic E-state index is 0.143. The summed E-state index contributed by atoms with van der Waals surface area (Å²) in [7, 11) is 0. The number of benzene rings is 1. The minimum atomic E-state index is -4.38. The lowest BCUT2D eigenvalue weighted by Gasteiger charge is -2.44. The maximum absolute atomic E-state index is 13.9. The Morgan fingerprint density at radius 2 is 1.90 bits per heavy atom. The summed E-state index contributed by atoms with van der Waals surface area (Å²) in [5, 5.41) is 17.2. The first-order valence-electron chi connectivity index (χ1n) is 9.95. The van der Waals surface area contributed by atoms with Crippen LogP contribution in [0.4, 0.5) is 19.1 Å². The van der Waals surface area contributed by atoms with E-state index in [1.54, 1.807) is 17.0 Å². The molecule has 2 aromatic rings. The Kier molecular flexibility index (Phi) is 4.46. The third-order valence-electron chi connectivity index (χ3n) is 6.79. The van der Waals surface area contributed by atoms with E-state index < -0.39 is 29.6 Å². The van der Waals surface area contributed by atoms with Gasteiger partial charge in [0.2, 0.25) is 5.91 Å². The average molecular weight is 441 g/mol. The molecule has 1 saturated carbocycles. The van der Waals surface area contributed by atoms with Crippen LogP contribution >= 0.6 is 11.6 Å². The Labute approximate surface area is 175 Å². The topological polar surface area (TPSA) is 86.8 Å². The fourth-order valence-electron chi connectivity index (χ4n) is 5.16. The molecule has 2 bridgehead atoms. The molecule has 7 nitrogen and oxygen atoms in total. The van der Waals surface area contributed by atoms with Crippen LogP contribution in [-0.4, -0.2) is 50.8 Å². The molecule has 3 fully saturated rings. The lowest BCUT2D eigenvalue weighted by molar-refractivity contribution is -0.186. The number of amides is 1. The number of carbonyl (C=O) groups is 1. The number of hydrogen-bond donors (Lipinski definition) is 2. The van der Waals surface area contributed by atoms with E-state index in [2.05, 4.69) is 25.9 Å². The number of fused-ring (bicyclic) bond motifs is 2. The van der Waals surface area contributed by atoms with Gasteiger partial charge in [-0.05, 0) is 55.0 Å². The third-order valence-corrected chi connectivity index (χ3v) is 7.05. The maximum Gasteiger partial charge on any atom is 0.393 e. The molecule has 2 saturated heterocycles. The van der Waals surface area contributed by atoms with Crippen molar-refractivity contribution in [2.24, 2.45) is 5.92 Å². The highest BCUT2D eigenvalue weighted by Gasteiger charge is 2.59. The molecule has 30 heavy (non-hydrogen) atoms. The number of hydrogen-bond acceptors (Lipinski definition) is 5. The molecule has 160 valence electrons. The highest BCUT2D eigenvalue weighted by atomic mass is 35.5. The second-order valence-electron chi connectivity index (χ2n) is 8.38. The van der Waals surface area contributed by atoms with Crippen LogP contribution in [0.15, 0.2) is 24.3 Å². The monoisotopic (exact) mass is 440 g/mol. The number of tetrazole rings is 1. The number of halogens is 4. The molecule has 1 amide bonds. The van der Waals surface area contributed by atoms with Gasteiger partial charge in [0.1, 0.15) is 0 Å². The zero-order chi connectivity index (χ0) is 21.1. The van der Waals surface area contributed by atoms with Crippen molar-refractivity contribution >= 4 is 23.5 Å². The minimum Gasteiger partial charge on any atom is -0.351 e. The van der Waals surface area contributed by atoms with Crippen LogP contribution in [0.3, 0.4) is 0 Å². The van der Waals surface area contributed by atoms with Gasteiger partial charge in [-0.15, -0.1) is 5.10 Å². The molecule has 3 heterocycles. The number of carbonyl (C=O) groups excluding carboxylic acids is 1. The van der Waals surface area contributed by atoms with Gasteiger partial charge in [0.25, 0.3) is 5.95 Å². The van der Waals surface area contributed by atoms with Crippen molar-refractivity contribution in [3.63, 3.8) is 0 Å². The molecule has 1 aromatic heterocycles. The van der Waals surface area contributed by atoms with Crippen molar-refractivity contribution in [3.8, 4) is 0 Å². The number of H-pyrrole nitrogens is 1. The van der Waals surface area contributed by atoms with E-state index in [1.807, 2.05) is 12.1 Å². The number of alkyl halides is 3. The Hall–Kier alpha value is -2.36. The summed E-state index contributed by atoms with van der Waals surface area (Å²) >= 11 is 5.95. The molecule has 1 aliphatic carbocycles. The van der Waals surface area contributed by atoms with E-state index >= 15 is 0 Å². The summed E-state index contributed by atoms with van der Waals surface area (Å²) < 4.78 is 41.6. The second-order valence-corrected chi connectivity index (χ2v) is 8.82. The zero-order valence-corrected chi connectivity index (χ0v) is 16.6. The van der Waals surface area contributed by atoms with Crippen LogP contribution in [0.5, 0.6) is 0 Å². The van der Waals surface area contributed by atoms with Gasteiger partial charge in [0, 0.05) is 17.1 Å². The predicted molar refractivity (Wildman–Crippen MR) is 102 cm³/mol. The molecule has 5 rings (SSSR count). The smallest absolute Gasteiger partial charge is 0.351 e. The summed E-state index contributed by atoms with van der Waals surface area (Å²) in [5.41, 5.74) is 0.150. The number of nitrogens with one attached hydrogen (secondary N) is 2. The molecule has 0 radical (unpaired) electrons. The summed E-state index contributed by atoms with van der Waals surface area (Å²) in [4.78, 5) is 14.8. The van der Waals surface area contributed by atoms with Crippen LogP contribution in [0.2, 0.25) is 5.02 Å². The second kappa shape index (κ2) is 6.83. The molecule has 2 N–H and O–H groups in total. The van der Waals surface area contributed by atoms with E-state index in [4.69, 9.17) is 11.6 Å². The van der Waals surface area contributed by atoms with E-state index in [9.17, 15) is 18.0 Å². The summed E-state index contributed by atoms with van der Waals surface area (Å²) in [6, 6.07) is 5.39. The highest BCUT2D eigenvalue weighted by Crippen LogP contribution is 2.50. The molecule has 3 aliphatic rings. The van der Waals surface area contributed by atoms with Gasteiger partial charge in [0.05, 0.1) is 17.4 Å². The van der Waals surface area contributed by atoms with Crippen molar-refractivity contribution in [3.05, 3.63) is 34.9 Å². The van der Waals surface area contributed by atoms with Gasteiger partial charge in [0.15, 0.2) is 0 Å². The average Bonchev–Trinajstić information content (AvgIpc) is 3.19. The van der Waals surface area contributed by atoms with E-state index in [0.717, 1.165) is 5.56 Å². The van der Waals surface area contributed by atoms with Crippen LogP contribution in [0.1, 0.15) is 37.7 Å². The molecule has 4 atom stereocenters. The van der Waals surface area contributed by atoms with Gasteiger partial charge < -0.3 is 10.2 Å². The fourth-order valence-corrected chi connectivity index (χ4v) is 5.29. The number of aromatic amines is 1. The highest BCUT2D eigenvalue weighted by molar-refractivity contribution is 6.30. The lowest BCUT2D eigenvalue weighted by atomic mass is 9.85. The maximum atomic E-state index is 13.9. The third kappa shape index (κ3) is 3.12. The summed E-state index contributed by atoms with van der Waals surface area (Å²) in [5.74, 6) is -1.64. The summed E-state index contributed by atoms with van der Waals surface area (Å²) in [6.07, 6.45) is -2.29. The van der Waals surface area contributed by atoms with Crippen molar-refractivity contribution in [1.82, 2.24) is 25.9 Å². The Morgan fingerprint density at radius 3 is 2.50 bits per heavy atom. The number of rotatable bonds is 4. The molecule has 2 aliphatic heterocycles. The number of aromatic nitrogens is 4. The Balaban J connectivity index is 1.42. The fraction of sp³-hybridized carbons (Fsp3) is 0.579. The van der Waals surface area contributed by atoms with E-state index in [0.29, 0.717) is 30.7 Å². The van der Waals surface area contributed by atoms with Gasteiger partial charge >= 0.3 is 6.18 Å². The first-order valence-corrected chi connectivity index (χ1v) is 10.3. The van der Waals surface area contributed by atoms with Crippen LogP contribution < -0.4 is 10.2 Å². The molecule has 1 aromatic carbocycles. The number of nitrogens with zero attached hydrogens (tertiary/aromatic N) is 4. The Morgan fingerprint density at radius 1 is 1.20 bits per heavy atom. The molecule has 0 unspecified atom stereocenters. The van der Waals surface area contributed by atoms with Crippen LogP contribution in [0.25, 0.3) is 0 Å². The Bertz CT molecular complexity index is 931. The van der Waals surface area contributed by atoms with Crippen molar-refractivity contribution in [2.45, 2.75) is 61.8 Å². The number of anilines is 1. The molecular formula is C19H20ClF3N6O. The number of piperidine rings is 1. The molecule has 11 heteroatoms. The quantitative estimate of drug-likeness (QED) is 0.763. The van der Waals surface area contributed by atoms with Gasteiger partial charge in [-0.3, -0.25) is 4.79 Å². The van der Waals surface area contributed by atoms with Crippen molar-refractivity contribution in [2.75, 3.05) is 4.90 Å². The van der Waals surface area contributed by atoms with Gasteiger partial charge in [-0.2, -0.15) is 18.4 Å². The normalized spacial score (nSPS) is 29.7. The van der Waals surface area contributed by atoms with Crippen molar-refractivity contribution in [1.29, 1.82) is 0 Å². The predicted octanol–water partition coefficient (Wildman–Crippen LogP) is 2.99. The largest absolute Gasteiger partial charge is 0.393 e. The summed E-state index contributed by atoms with van der Waals surface area (Å²) in [6.45, 7) is 0. The lowest BCUT2D eigenvalue weighted by Crippen LogP contribution is -2.61. The van der Waals surface area contributed by atoms with Gasteiger partial charge in [-0.1, -0.05) is 28.8 Å². The zero-order valence-electron chi connectivity index (χ0n) is 15.9. The first kappa shape index (κ1) is 19.6. The van der Waals surface area contributed by atoms with Crippen molar-refractivity contribution < 1.29 is 18.0 Å². The van der Waals surface area contributed by atoms with E-state index in [-0.39, 0.29) is 24.3 Å². The van der Waals surface area contributed by atoms with Gasteiger partial charge in [-0.25, -0.2) is 0 Å². The SMILES string of the molecule is O=C(N[C@H]1C[C@@H](C(F)(F)F)[C@@H]2CC[C@H]1N2c1nn[nH]n1)C1(c2ccc(Cl)cc2)CC1. The molecular weight excluding hydrogens is 421 g/mol. The first-order chi connectivity index (χ1) is 14.3. The standard InChI is InChI=1S/C19H20ClF3N6O/c20-11-3-1-10(2-4-11)18(7-8-18)16(30)24-13-9-12(19(21,22)23)14-5-6-15(13)29(14)17-25-27-28-26-17/h1-4,12-15H,5-9H2,(H,24,30)(H,25,26,27,28)/t12-,13+,14+,15-/m1/s1. The van der Waals surface area contributed by atoms with E-state index in [1.165, 1.54) is 0 Å². The van der Waals surface area contributed by atoms with Crippen LogP contribution in [0, 0.1) is 5.92 Å². The van der Waals surface area contributed by atoms with Crippen LogP contribution in [-0.2, 0) is 10.2 Å².